The molecule has 31 heavy (non-hydrogen) atoms. The Hall–Kier alpha value is -2.92. The number of aromatic nitrogens is 5. The number of hydrogen-bond acceptors (Lipinski definition) is 6. The standard InChI is InChI=1S/C16H17N4O2.C5H4N.C2H6.W/c1-9-15(12-6-7-13(21-4)14(8-12)22-5)16-18-10(2)17-11(3)20(16)19-9;1-2-4-6-5-3-1;1-2;/h6-8H,3H2,1-2,4-5H3;2-5H;1-2H3;/q2*-1;;+2. The third kappa shape index (κ3) is 6.28. The van der Waals surface area contributed by atoms with E-state index in [-0.39, 0.29) is 21.1 Å². The van der Waals surface area contributed by atoms with Gasteiger partial charge in [-0.2, -0.15) is 23.3 Å². The smallest absolute Gasteiger partial charge is 0.493 e. The van der Waals surface area contributed by atoms with Crippen molar-refractivity contribution in [1.29, 1.82) is 0 Å². The summed E-state index contributed by atoms with van der Waals surface area (Å²) in [5.74, 6) is 2.58. The van der Waals surface area contributed by atoms with Gasteiger partial charge >= 0.3 is 21.1 Å². The number of aryl methyl sites for hydroxylation is 2. The predicted molar refractivity (Wildman–Crippen MR) is 118 cm³/mol. The molecule has 0 aliphatic rings. The van der Waals surface area contributed by atoms with E-state index in [1.165, 1.54) is 0 Å². The van der Waals surface area contributed by atoms with Gasteiger partial charge in [-0.05, 0) is 37.4 Å². The van der Waals surface area contributed by atoms with Crippen molar-refractivity contribution in [3.63, 3.8) is 0 Å². The number of rotatable bonds is 3. The Bertz CT molecular complexity index is 1060. The fourth-order valence-electron chi connectivity index (χ4n) is 2.82. The number of fused-ring (bicyclic) bond motifs is 1. The first-order chi connectivity index (χ1) is 14.5. The van der Waals surface area contributed by atoms with Crippen LogP contribution in [0, 0.1) is 26.8 Å². The molecule has 4 aromatic rings. The van der Waals surface area contributed by atoms with Gasteiger partial charge in [-0.15, -0.1) is 0 Å². The summed E-state index contributed by atoms with van der Waals surface area (Å²) in [4.78, 5) is 12.5. The number of ether oxygens (including phenoxy) is 2. The minimum Gasteiger partial charge on any atom is -0.493 e. The van der Waals surface area contributed by atoms with Crippen LogP contribution in [0.5, 0.6) is 11.5 Å². The quantitative estimate of drug-likeness (QED) is 0.328. The van der Waals surface area contributed by atoms with Crippen molar-refractivity contribution in [2.75, 3.05) is 14.2 Å². The molecule has 3 heterocycles. The van der Waals surface area contributed by atoms with Crippen molar-refractivity contribution in [3.8, 4) is 22.6 Å². The zero-order valence-corrected chi connectivity index (χ0v) is 21.6. The summed E-state index contributed by atoms with van der Waals surface area (Å²) in [6.07, 6.45) is 3.39. The monoisotopic (exact) mass is 589 g/mol. The molecule has 162 valence electrons. The van der Waals surface area contributed by atoms with Gasteiger partial charge in [-0.3, -0.25) is 4.98 Å². The van der Waals surface area contributed by atoms with Crippen molar-refractivity contribution in [2.24, 2.45) is 0 Å². The van der Waals surface area contributed by atoms with E-state index in [4.69, 9.17) is 9.47 Å². The maximum atomic E-state index is 5.38. The number of benzene rings is 1. The molecular formula is C23H27N5O2W. The predicted octanol–water partition coefficient (Wildman–Crippen LogP) is 4.51. The van der Waals surface area contributed by atoms with Gasteiger partial charge in [0.05, 0.1) is 19.9 Å². The molecule has 0 bridgehead atoms. The summed E-state index contributed by atoms with van der Waals surface area (Å²) < 4.78 is 12.3. The second-order valence-corrected chi connectivity index (χ2v) is 5.90. The van der Waals surface area contributed by atoms with Crippen LogP contribution in [0.4, 0.5) is 0 Å². The van der Waals surface area contributed by atoms with E-state index in [0.29, 0.717) is 23.1 Å². The zero-order chi connectivity index (χ0) is 22.1. The minimum atomic E-state index is 0. The third-order valence-corrected chi connectivity index (χ3v) is 4.02. The van der Waals surface area contributed by atoms with Crippen molar-refractivity contribution in [2.45, 2.75) is 27.7 Å². The van der Waals surface area contributed by atoms with Crippen LogP contribution in [-0.2, 0) is 21.1 Å². The van der Waals surface area contributed by atoms with Crippen molar-refractivity contribution in [1.82, 2.24) is 24.6 Å². The van der Waals surface area contributed by atoms with Gasteiger partial charge in [-0.25, -0.2) is 9.50 Å². The first kappa shape index (κ1) is 26.1. The summed E-state index contributed by atoms with van der Waals surface area (Å²) in [5.41, 5.74) is 3.50. The number of methoxy groups -OCH3 is 2. The molecule has 1 aromatic carbocycles. The van der Waals surface area contributed by atoms with Crippen LogP contribution in [0.15, 0.2) is 42.7 Å². The largest absolute Gasteiger partial charge is 2.00 e. The van der Waals surface area contributed by atoms with E-state index in [0.717, 1.165) is 22.5 Å². The van der Waals surface area contributed by atoms with E-state index in [9.17, 15) is 0 Å². The molecule has 0 spiro atoms. The Morgan fingerprint density at radius 1 is 0.968 bits per heavy atom. The maximum Gasteiger partial charge on any atom is 2.00 e. The van der Waals surface area contributed by atoms with Gasteiger partial charge < -0.3 is 21.4 Å². The van der Waals surface area contributed by atoms with Gasteiger partial charge in [-0.1, -0.05) is 32.3 Å². The third-order valence-electron chi connectivity index (χ3n) is 4.02. The van der Waals surface area contributed by atoms with Gasteiger partial charge in [0.2, 0.25) is 0 Å². The Morgan fingerprint density at radius 3 is 2.13 bits per heavy atom. The van der Waals surface area contributed by atoms with Crippen molar-refractivity contribution in [3.05, 3.63) is 73.1 Å². The SMILES string of the molecule is CC.[CH2-]c1nc(C)nc2c(-c3ccc(OC)c(OC)c3)c(C)nn12.[W+2].[c-]1ccncc1. The Kier molecular flexibility index (Phi) is 10.7. The number of pyridine rings is 1. The summed E-state index contributed by atoms with van der Waals surface area (Å²) in [7, 11) is 3.23. The summed E-state index contributed by atoms with van der Waals surface area (Å²) >= 11 is 0. The zero-order valence-electron chi connectivity index (χ0n) is 18.7. The molecular weight excluding hydrogens is 562 g/mol. The molecule has 0 unspecified atom stereocenters. The van der Waals surface area contributed by atoms with Crippen molar-refractivity contribution < 1.29 is 30.5 Å². The fraction of sp³-hybridized carbons (Fsp3) is 0.261. The first-order valence-electron chi connectivity index (χ1n) is 9.59. The molecule has 0 atom stereocenters. The van der Waals surface area contributed by atoms with Crippen LogP contribution in [0.25, 0.3) is 16.8 Å². The summed E-state index contributed by atoms with van der Waals surface area (Å²) in [6, 6.07) is 12.1. The topological polar surface area (TPSA) is 74.4 Å². The normalized spacial score (nSPS) is 9.48. The minimum absolute atomic E-state index is 0. The Morgan fingerprint density at radius 2 is 1.61 bits per heavy atom. The van der Waals surface area contributed by atoms with Crippen LogP contribution < -0.4 is 9.47 Å². The van der Waals surface area contributed by atoms with Gasteiger partial charge in [0.1, 0.15) is 5.82 Å². The van der Waals surface area contributed by atoms with Crippen LogP contribution in [0.2, 0.25) is 0 Å². The molecule has 7 nitrogen and oxygen atoms in total. The van der Waals surface area contributed by atoms with Gasteiger partial charge in [0.15, 0.2) is 17.1 Å². The summed E-state index contributed by atoms with van der Waals surface area (Å²) in [6.45, 7) is 11.7. The van der Waals surface area contributed by atoms with Gasteiger partial charge in [0, 0.05) is 5.56 Å². The van der Waals surface area contributed by atoms with Gasteiger partial charge in [0.25, 0.3) is 0 Å². The van der Waals surface area contributed by atoms with Crippen LogP contribution in [0.3, 0.4) is 0 Å². The molecule has 0 amide bonds. The van der Waals surface area contributed by atoms with E-state index in [1.807, 2.05) is 45.9 Å². The molecule has 0 saturated carbocycles. The maximum absolute atomic E-state index is 5.38. The van der Waals surface area contributed by atoms with E-state index >= 15 is 0 Å². The van der Waals surface area contributed by atoms with Crippen molar-refractivity contribution >= 4 is 5.65 Å². The number of hydrogen-bond donors (Lipinski definition) is 0. The molecule has 0 radical (unpaired) electrons. The molecule has 3 aromatic heterocycles. The fourth-order valence-corrected chi connectivity index (χ4v) is 2.82. The average Bonchev–Trinajstić information content (AvgIpc) is 3.12. The van der Waals surface area contributed by atoms with Crippen LogP contribution in [0.1, 0.15) is 31.2 Å². The molecule has 0 saturated heterocycles. The van der Waals surface area contributed by atoms with E-state index < -0.39 is 0 Å². The molecule has 0 N–H and O–H groups in total. The average molecular weight is 589 g/mol. The number of nitrogens with zero attached hydrogens (tertiary/aromatic N) is 5. The molecule has 0 aliphatic heterocycles. The molecule has 0 aliphatic carbocycles. The van der Waals surface area contributed by atoms with E-state index in [2.05, 4.69) is 33.0 Å². The second-order valence-electron chi connectivity index (χ2n) is 5.90. The summed E-state index contributed by atoms with van der Waals surface area (Å²) in [5, 5.41) is 4.49. The molecule has 0 fully saturated rings. The van der Waals surface area contributed by atoms with Crippen LogP contribution >= 0.6 is 0 Å². The Balaban J connectivity index is 0.000000456. The van der Waals surface area contributed by atoms with Crippen LogP contribution in [-0.4, -0.2) is 38.8 Å². The second kappa shape index (κ2) is 12.7. The first-order valence-corrected chi connectivity index (χ1v) is 9.59. The van der Waals surface area contributed by atoms with E-state index in [1.54, 1.807) is 43.3 Å². The molecule has 4 rings (SSSR count). The Labute approximate surface area is 198 Å². The molecule has 8 heteroatoms.